The van der Waals surface area contributed by atoms with Gasteiger partial charge in [0.15, 0.2) is 0 Å². The standard InChI is InChI=1S/C27H30N2O3/c1-21-7-6-10-25(17-21)32-20-24-18-23(11-12-26(24)31-2)27(30)29-15-13-28(14-16-29)19-22-8-4-3-5-9-22/h3-12,17-18H,13-16,19-20H2,1-2H3. The van der Waals surface area contributed by atoms with E-state index in [4.69, 9.17) is 9.47 Å². The van der Waals surface area contributed by atoms with Crippen LogP contribution in [-0.2, 0) is 13.2 Å². The number of ether oxygens (including phenoxy) is 2. The van der Waals surface area contributed by atoms with E-state index in [-0.39, 0.29) is 5.91 Å². The number of carbonyl (C=O) groups is 1. The van der Waals surface area contributed by atoms with Crippen LogP contribution in [0.25, 0.3) is 0 Å². The Balaban J connectivity index is 1.38. The molecule has 0 spiro atoms. The van der Waals surface area contributed by atoms with E-state index in [2.05, 4.69) is 29.2 Å². The molecule has 0 saturated carbocycles. The Morgan fingerprint density at radius 2 is 1.69 bits per heavy atom. The summed E-state index contributed by atoms with van der Waals surface area (Å²) < 4.78 is 11.5. The molecular weight excluding hydrogens is 400 g/mol. The van der Waals surface area contributed by atoms with E-state index in [9.17, 15) is 4.79 Å². The number of nitrogens with zero attached hydrogens (tertiary/aromatic N) is 2. The van der Waals surface area contributed by atoms with Gasteiger partial charge in [0.1, 0.15) is 18.1 Å². The SMILES string of the molecule is COc1ccc(C(=O)N2CCN(Cc3ccccc3)CC2)cc1COc1cccc(C)c1. The fraction of sp³-hybridized carbons (Fsp3) is 0.296. The molecule has 1 amide bonds. The van der Waals surface area contributed by atoms with Crippen LogP contribution in [0.15, 0.2) is 72.8 Å². The van der Waals surface area contributed by atoms with E-state index < -0.39 is 0 Å². The van der Waals surface area contributed by atoms with Crippen LogP contribution in [0.3, 0.4) is 0 Å². The molecule has 3 aromatic rings. The maximum atomic E-state index is 13.2. The van der Waals surface area contributed by atoms with Gasteiger partial charge in [-0.2, -0.15) is 0 Å². The Kier molecular flexibility index (Phi) is 7.07. The molecule has 4 rings (SSSR count). The maximum absolute atomic E-state index is 13.2. The normalized spacial score (nSPS) is 14.2. The van der Waals surface area contributed by atoms with Crippen LogP contribution < -0.4 is 9.47 Å². The van der Waals surface area contributed by atoms with Gasteiger partial charge in [-0.1, -0.05) is 42.5 Å². The summed E-state index contributed by atoms with van der Waals surface area (Å²) in [5.41, 5.74) is 3.98. The van der Waals surface area contributed by atoms with Gasteiger partial charge in [-0.25, -0.2) is 0 Å². The lowest BCUT2D eigenvalue weighted by Gasteiger charge is -2.35. The van der Waals surface area contributed by atoms with Crippen molar-refractivity contribution in [2.45, 2.75) is 20.1 Å². The van der Waals surface area contributed by atoms with Gasteiger partial charge in [-0.15, -0.1) is 0 Å². The Morgan fingerprint density at radius 1 is 0.906 bits per heavy atom. The first-order chi connectivity index (χ1) is 15.6. The highest BCUT2D eigenvalue weighted by molar-refractivity contribution is 5.94. The van der Waals surface area contributed by atoms with Gasteiger partial charge in [-0.05, 0) is 48.4 Å². The number of carbonyl (C=O) groups excluding carboxylic acids is 1. The smallest absolute Gasteiger partial charge is 0.253 e. The molecule has 1 saturated heterocycles. The molecule has 0 aromatic heterocycles. The molecule has 0 atom stereocenters. The molecule has 3 aromatic carbocycles. The lowest BCUT2D eigenvalue weighted by Crippen LogP contribution is -2.48. The first-order valence-electron chi connectivity index (χ1n) is 11.0. The zero-order valence-corrected chi connectivity index (χ0v) is 18.8. The molecule has 32 heavy (non-hydrogen) atoms. The Labute approximate surface area is 190 Å². The maximum Gasteiger partial charge on any atom is 0.253 e. The Morgan fingerprint density at radius 3 is 2.41 bits per heavy atom. The summed E-state index contributed by atoms with van der Waals surface area (Å²) in [5, 5.41) is 0. The van der Waals surface area contributed by atoms with Crippen molar-refractivity contribution in [2.24, 2.45) is 0 Å². The first kappa shape index (κ1) is 21.9. The van der Waals surface area contributed by atoms with E-state index in [1.54, 1.807) is 7.11 Å². The molecule has 0 aliphatic carbocycles. The number of hydrogen-bond donors (Lipinski definition) is 0. The molecule has 0 radical (unpaired) electrons. The van der Waals surface area contributed by atoms with Crippen molar-refractivity contribution in [3.05, 3.63) is 95.1 Å². The van der Waals surface area contributed by atoms with Crippen LogP contribution in [0.1, 0.15) is 27.0 Å². The van der Waals surface area contributed by atoms with Gasteiger partial charge in [0.05, 0.1) is 7.11 Å². The zero-order chi connectivity index (χ0) is 22.3. The third-order valence-electron chi connectivity index (χ3n) is 5.82. The number of hydrogen-bond acceptors (Lipinski definition) is 4. The van der Waals surface area contributed by atoms with Crippen molar-refractivity contribution in [2.75, 3.05) is 33.3 Å². The summed E-state index contributed by atoms with van der Waals surface area (Å²) in [6.07, 6.45) is 0. The fourth-order valence-corrected chi connectivity index (χ4v) is 4.02. The van der Waals surface area contributed by atoms with E-state index >= 15 is 0 Å². The summed E-state index contributed by atoms with van der Waals surface area (Å²) >= 11 is 0. The van der Waals surface area contributed by atoms with E-state index in [0.717, 1.165) is 55.3 Å². The summed E-state index contributed by atoms with van der Waals surface area (Å²) in [7, 11) is 1.64. The highest BCUT2D eigenvalue weighted by atomic mass is 16.5. The molecule has 1 aliphatic heterocycles. The van der Waals surface area contributed by atoms with Crippen LogP contribution in [0.4, 0.5) is 0 Å². The molecule has 1 fully saturated rings. The number of rotatable bonds is 7. The first-order valence-corrected chi connectivity index (χ1v) is 11.0. The number of aryl methyl sites for hydroxylation is 1. The van der Waals surface area contributed by atoms with Crippen LogP contribution >= 0.6 is 0 Å². The van der Waals surface area contributed by atoms with E-state index in [0.29, 0.717) is 12.2 Å². The quantitative estimate of drug-likeness (QED) is 0.552. The number of benzene rings is 3. The van der Waals surface area contributed by atoms with E-state index in [1.165, 1.54) is 5.56 Å². The van der Waals surface area contributed by atoms with Gasteiger partial charge in [0, 0.05) is 43.9 Å². The highest BCUT2D eigenvalue weighted by Gasteiger charge is 2.23. The van der Waals surface area contributed by atoms with Gasteiger partial charge in [0.25, 0.3) is 5.91 Å². The van der Waals surface area contributed by atoms with Crippen LogP contribution in [-0.4, -0.2) is 49.0 Å². The van der Waals surface area contributed by atoms with Crippen LogP contribution in [0.5, 0.6) is 11.5 Å². The molecule has 0 N–H and O–H groups in total. The van der Waals surface area contributed by atoms with Crippen LogP contribution in [0.2, 0.25) is 0 Å². The largest absolute Gasteiger partial charge is 0.496 e. The fourth-order valence-electron chi connectivity index (χ4n) is 4.02. The van der Waals surface area contributed by atoms with E-state index in [1.807, 2.05) is 60.4 Å². The second-order valence-corrected chi connectivity index (χ2v) is 8.19. The highest BCUT2D eigenvalue weighted by Crippen LogP contribution is 2.24. The summed E-state index contributed by atoms with van der Waals surface area (Å²) in [5.74, 6) is 1.59. The van der Waals surface area contributed by atoms with Crippen molar-refractivity contribution < 1.29 is 14.3 Å². The minimum atomic E-state index is 0.0591. The van der Waals surface area contributed by atoms with Crippen molar-refractivity contribution in [3.8, 4) is 11.5 Å². The summed E-state index contributed by atoms with van der Waals surface area (Å²) in [4.78, 5) is 17.5. The van der Waals surface area contributed by atoms with Gasteiger partial charge in [-0.3, -0.25) is 9.69 Å². The molecule has 1 aliphatic rings. The lowest BCUT2D eigenvalue weighted by molar-refractivity contribution is 0.0628. The third kappa shape index (κ3) is 5.48. The van der Waals surface area contributed by atoms with Crippen LogP contribution in [0, 0.1) is 6.92 Å². The molecule has 5 heteroatoms. The van der Waals surface area contributed by atoms with Gasteiger partial charge in [0.2, 0.25) is 0 Å². The van der Waals surface area contributed by atoms with Gasteiger partial charge < -0.3 is 14.4 Å². The molecule has 166 valence electrons. The number of methoxy groups -OCH3 is 1. The molecular formula is C27H30N2O3. The molecule has 1 heterocycles. The predicted molar refractivity (Wildman–Crippen MR) is 126 cm³/mol. The average Bonchev–Trinajstić information content (AvgIpc) is 2.83. The van der Waals surface area contributed by atoms with Crippen molar-refractivity contribution in [1.82, 2.24) is 9.80 Å². The van der Waals surface area contributed by atoms with Crippen molar-refractivity contribution >= 4 is 5.91 Å². The molecule has 0 unspecified atom stereocenters. The molecule has 5 nitrogen and oxygen atoms in total. The average molecular weight is 431 g/mol. The zero-order valence-electron chi connectivity index (χ0n) is 18.8. The summed E-state index contributed by atoms with van der Waals surface area (Å²) in [6.45, 7) is 6.51. The topological polar surface area (TPSA) is 42.0 Å². The lowest BCUT2D eigenvalue weighted by atomic mass is 10.1. The second-order valence-electron chi connectivity index (χ2n) is 8.19. The minimum absolute atomic E-state index is 0.0591. The predicted octanol–water partition coefficient (Wildman–Crippen LogP) is 4.54. The van der Waals surface area contributed by atoms with Gasteiger partial charge >= 0.3 is 0 Å². The van der Waals surface area contributed by atoms with Crippen molar-refractivity contribution in [3.63, 3.8) is 0 Å². The molecule has 0 bridgehead atoms. The summed E-state index contributed by atoms with van der Waals surface area (Å²) in [6, 6.07) is 24.0. The monoisotopic (exact) mass is 430 g/mol. The minimum Gasteiger partial charge on any atom is -0.496 e. The number of amides is 1. The third-order valence-corrected chi connectivity index (χ3v) is 5.82. The Hall–Kier alpha value is -3.31. The Bertz CT molecular complexity index is 1040. The number of piperazine rings is 1. The second kappa shape index (κ2) is 10.3. The van der Waals surface area contributed by atoms with Crippen molar-refractivity contribution in [1.29, 1.82) is 0 Å².